The van der Waals surface area contributed by atoms with Crippen LogP contribution in [0.4, 0.5) is 0 Å². The third kappa shape index (κ3) is 1.65. The number of piperidine rings is 1. The molecule has 1 heterocycles. The number of hydrogen-bond donors (Lipinski definition) is 1. The minimum Gasteiger partial charge on any atom is -0.459 e. The summed E-state index contributed by atoms with van der Waals surface area (Å²) in [5, 5.41) is 3.32. The zero-order chi connectivity index (χ0) is 10.4. The van der Waals surface area contributed by atoms with Gasteiger partial charge in [-0.25, -0.2) is 0 Å². The lowest BCUT2D eigenvalue weighted by molar-refractivity contribution is -0.162. The van der Waals surface area contributed by atoms with Crippen LogP contribution in [0.1, 0.15) is 40.0 Å². The van der Waals surface area contributed by atoms with Crippen molar-refractivity contribution in [1.82, 2.24) is 5.32 Å². The highest BCUT2D eigenvalue weighted by Crippen LogP contribution is 2.41. The number of fused-ring (bicyclic) bond motifs is 2. The van der Waals surface area contributed by atoms with Crippen LogP contribution in [0.5, 0.6) is 0 Å². The normalized spacial score (nSPS) is 36.1. The van der Waals surface area contributed by atoms with E-state index in [-0.39, 0.29) is 17.1 Å². The zero-order valence-corrected chi connectivity index (χ0v) is 9.22. The first-order valence-electron chi connectivity index (χ1n) is 5.40. The maximum Gasteiger partial charge on any atom is 0.326 e. The van der Waals surface area contributed by atoms with Crippen molar-refractivity contribution in [3.8, 4) is 0 Å². The number of esters is 1. The number of hydrogen-bond acceptors (Lipinski definition) is 3. The van der Waals surface area contributed by atoms with Crippen molar-refractivity contribution in [2.75, 3.05) is 6.54 Å². The molecule has 3 nitrogen and oxygen atoms in total. The molecule has 2 rings (SSSR count). The van der Waals surface area contributed by atoms with Crippen molar-refractivity contribution in [1.29, 1.82) is 0 Å². The zero-order valence-electron chi connectivity index (χ0n) is 9.22. The van der Waals surface area contributed by atoms with Crippen LogP contribution in [-0.4, -0.2) is 23.7 Å². The van der Waals surface area contributed by atoms with E-state index >= 15 is 0 Å². The molecule has 1 saturated carbocycles. The monoisotopic (exact) mass is 197 g/mol. The molecular weight excluding hydrogens is 178 g/mol. The van der Waals surface area contributed by atoms with Gasteiger partial charge in [0, 0.05) is 0 Å². The topological polar surface area (TPSA) is 38.3 Å². The van der Waals surface area contributed by atoms with E-state index in [0.717, 1.165) is 19.4 Å². The lowest BCUT2D eigenvalue weighted by Gasteiger charge is -2.30. The highest BCUT2D eigenvalue weighted by molar-refractivity contribution is 5.82. The van der Waals surface area contributed by atoms with Crippen LogP contribution >= 0.6 is 0 Å². The standard InChI is InChI=1S/C11H19NO2/c1-10(2,3)14-9(13)11-5-4-8(6-11)7-12-11/h8,12H,4-7H2,1-3H3/t8-,11+/m1/s1. The Balaban J connectivity index is 2.04. The van der Waals surface area contributed by atoms with Gasteiger partial charge < -0.3 is 10.1 Å². The van der Waals surface area contributed by atoms with E-state index in [1.54, 1.807) is 0 Å². The summed E-state index contributed by atoms with van der Waals surface area (Å²) in [4.78, 5) is 12.0. The minimum atomic E-state index is -0.367. The van der Waals surface area contributed by atoms with E-state index < -0.39 is 0 Å². The van der Waals surface area contributed by atoms with Crippen LogP contribution in [0.3, 0.4) is 0 Å². The van der Waals surface area contributed by atoms with Crippen molar-refractivity contribution in [2.45, 2.75) is 51.2 Å². The fraction of sp³-hybridized carbons (Fsp3) is 0.909. The number of ether oxygens (including phenoxy) is 1. The summed E-state index contributed by atoms with van der Waals surface area (Å²) in [7, 11) is 0. The molecule has 2 aliphatic rings. The van der Waals surface area contributed by atoms with Gasteiger partial charge in [0.25, 0.3) is 0 Å². The Morgan fingerprint density at radius 1 is 1.50 bits per heavy atom. The van der Waals surface area contributed by atoms with Crippen LogP contribution < -0.4 is 5.32 Å². The van der Waals surface area contributed by atoms with Gasteiger partial charge in [-0.05, 0) is 52.5 Å². The Hall–Kier alpha value is -0.570. The fourth-order valence-electron chi connectivity index (χ4n) is 2.46. The Labute approximate surface area is 85.2 Å². The van der Waals surface area contributed by atoms with Crippen LogP contribution in [0.2, 0.25) is 0 Å². The molecule has 1 aliphatic heterocycles. The van der Waals surface area contributed by atoms with Crippen molar-refractivity contribution in [2.24, 2.45) is 5.92 Å². The lowest BCUT2D eigenvalue weighted by atomic mass is 9.99. The summed E-state index contributed by atoms with van der Waals surface area (Å²) in [6.45, 7) is 6.74. The Bertz CT molecular complexity index is 247. The van der Waals surface area contributed by atoms with Gasteiger partial charge >= 0.3 is 5.97 Å². The van der Waals surface area contributed by atoms with E-state index in [1.165, 1.54) is 6.42 Å². The first-order valence-corrected chi connectivity index (χ1v) is 5.40. The quantitative estimate of drug-likeness (QED) is 0.647. The maximum absolute atomic E-state index is 12.0. The fourth-order valence-corrected chi connectivity index (χ4v) is 2.46. The van der Waals surface area contributed by atoms with E-state index in [1.807, 2.05) is 20.8 Å². The summed E-state index contributed by atoms with van der Waals surface area (Å²) in [5.74, 6) is 0.646. The van der Waals surface area contributed by atoms with Gasteiger partial charge in [-0.3, -0.25) is 4.79 Å². The molecule has 2 bridgehead atoms. The van der Waals surface area contributed by atoms with E-state index in [9.17, 15) is 4.79 Å². The number of carbonyl (C=O) groups is 1. The van der Waals surface area contributed by atoms with Gasteiger partial charge in [-0.2, -0.15) is 0 Å². The van der Waals surface area contributed by atoms with E-state index in [4.69, 9.17) is 4.74 Å². The maximum atomic E-state index is 12.0. The van der Waals surface area contributed by atoms with E-state index in [2.05, 4.69) is 5.32 Å². The average molecular weight is 197 g/mol. The van der Waals surface area contributed by atoms with Crippen molar-refractivity contribution in [3.63, 3.8) is 0 Å². The molecule has 0 aromatic rings. The van der Waals surface area contributed by atoms with Crippen molar-refractivity contribution < 1.29 is 9.53 Å². The SMILES string of the molecule is CC(C)(C)OC(=O)[C@@]12CC[C@@H](CN1)C2. The molecular formula is C11H19NO2. The first kappa shape index (κ1) is 9.97. The summed E-state index contributed by atoms with van der Waals surface area (Å²) in [5.41, 5.74) is -0.702. The van der Waals surface area contributed by atoms with Crippen LogP contribution in [0, 0.1) is 5.92 Å². The molecule has 1 aliphatic carbocycles. The number of nitrogens with one attached hydrogen (secondary N) is 1. The molecule has 14 heavy (non-hydrogen) atoms. The third-order valence-electron chi connectivity index (χ3n) is 3.14. The Morgan fingerprint density at radius 3 is 2.57 bits per heavy atom. The highest BCUT2D eigenvalue weighted by atomic mass is 16.6. The van der Waals surface area contributed by atoms with E-state index in [0.29, 0.717) is 5.92 Å². The molecule has 0 amide bonds. The third-order valence-corrected chi connectivity index (χ3v) is 3.14. The van der Waals surface area contributed by atoms with Gasteiger partial charge in [0.05, 0.1) is 0 Å². The predicted octanol–water partition coefficient (Wildman–Crippen LogP) is 1.47. The molecule has 0 aromatic carbocycles. The smallest absolute Gasteiger partial charge is 0.326 e. The minimum absolute atomic E-state index is 0.0509. The average Bonchev–Trinajstić information content (AvgIpc) is 2.60. The van der Waals surface area contributed by atoms with Crippen LogP contribution in [-0.2, 0) is 9.53 Å². The predicted molar refractivity (Wildman–Crippen MR) is 53.9 cm³/mol. The van der Waals surface area contributed by atoms with Gasteiger partial charge in [0.15, 0.2) is 0 Å². The van der Waals surface area contributed by atoms with Gasteiger partial charge in [0.2, 0.25) is 0 Å². The first-order chi connectivity index (χ1) is 6.41. The molecule has 0 unspecified atom stereocenters. The van der Waals surface area contributed by atoms with Gasteiger partial charge in [0.1, 0.15) is 11.1 Å². The molecule has 0 aromatic heterocycles. The molecule has 1 saturated heterocycles. The summed E-state index contributed by atoms with van der Waals surface area (Å²) >= 11 is 0. The molecule has 0 spiro atoms. The van der Waals surface area contributed by atoms with Crippen molar-refractivity contribution >= 4 is 5.97 Å². The number of carbonyl (C=O) groups excluding carboxylic acids is 1. The summed E-state index contributed by atoms with van der Waals surface area (Å²) in [6, 6.07) is 0. The molecule has 80 valence electrons. The van der Waals surface area contributed by atoms with Gasteiger partial charge in [-0.15, -0.1) is 0 Å². The Kier molecular flexibility index (Phi) is 2.11. The Morgan fingerprint density at radius 2 is 2.21 bits per heavy atom. The number of rotatable bonds is 1. The van der Waals surface area contributed by atoms with Crippen LogP contribution in [0.25, 0.3) is 0 Å². The molecule has 3 heteroatoms. The molecule has 2 fully saturated rings. The van der Waals surface area contributed by atoms with Crippen molar-refractivity contribution in [3.05, 3.63) is 0 Å². The second-order valence-electron chi connectivity index (χ2n) is 5.57. The lowest BCUT2D eigenvalue weighted by Crippen LogP contribution is -2.50. The summed E-state index contributed by atoms with van der Waals surface area (Å²) < 4.78 is 5.44. The van der Waals surface area contributed by atoms with Crippen LogP contribution in [0.15, 0.2) is 0 Å². The second-order valence-corrected chi connectivity index (χ2v) is 5.57. The largest absolute Gasteiger partial charge is 0.459 e. The molecule has 2 atom stereocenters. The summed E-state index contributed by atoms with van der Waals surface area (Å²) in [6.07, 6.45) is 3.10. The molecule has 1 N–H and O–H groups in total. The highest BCUT2D eigenvalue weighted by Gasteiger charge is 2.51. The second kappa shape index (κ2) is 2.96. The molecule has 0 radical (unpaired) electrons. The van der Waals surface area contributed by atoms with Gasteiger partial charge in [-0.1, -0.05) is 0 Å².